The molecule has 8 heteroatoms. The number of hydrogen-bond acceptors (Lipinski definition) is 5. The van der Waals surface area contributed by atoms with E-state index in [1.165, 1.54) is 24.3 Å². The lowest BCUT2D eigenvalue weighted by atomic mass is 9.99. The molecule has 0 atom stereocenters. The highest BCUT2D eigenvalue weighted by Gasteiger charge is 2.20. The van der Waals surface area contributed by atoms with Gasteiger partial charge in [0.05, 0.1) is 10.5 Å². The Balaban J connectivity index is 2.03. The van der Waals surface area contributed by atoms with E-state index in [-0.39, 0.29) is 4.90 Å². The highest BCUT2D eigenvalue weighted by atomic mass is 32.2. The van der Waals surface area contributed by atoms with Gasteiger partial charge in [0.2, 0.25) is 5.91 Å². The van der Waals surface area contributed by atoms with Crippen LogP contribution in [0.25, 0.3) is 22.4 Å². The summed E-state index contributed by atoms with van der Waals surface area (Å²) in [5.74, 6) is -1.57. The van der Waals surface area contributed by atoms with Crippen molar-refractivity contribution < 1.29 is 22.1 Å². The summed E-state index contributed by atoms with van der Waals surface area (Å²) in [5, 5.41) is 3.99. The molecule has 1 aromatic heterocycles. The van der Waals surface area contributed by atoms with Crippen molar-refractivity contribution in [2.75, 3.05) is 5.75 Å². The molecule has 0 aliphatic rings. The number of primary amides is 1. The van der Waals surface area contributed by atoms with E-state index < -0.39 is 27.3 Å². The van der Waals surface area contributed by atoms with Crippen molar-refractivity contribution in [3.63, 3.8) is 0 Å². The van der Waals surface area contributed by atoms with Crippen LogP contribution < -0.4 is 5.73 Å². The van der Waals surface area contributed by atoms with Crippen molar-refractivity contribution in [3.8, 4) is 22.4 Å². The number of nitrogens with zero attached hydrogens (tertiary/aromatic N) is 1. The van der Waals surface area contributed by atoms with E-state index in [0.29, 0.717) is 28.1 Å². The third kappa shape index (κ3) is 3.50. The number of amides is 1. The first-order chi connectivity index (χ1) is 12.3. The average Bonchev–Trinajstić information content (AvgIpc) is 2.95. The second-order valence-electron chi connectivity index (χ2n) is 5.72. The van der Waals surface area contributed by atoms with Crippen molar-refractivity contribution in [3.05, 3.63) is 60.1 Å². The first-order valence-corrected chi connectivity index (χ1v) is 9.27. The molecule has 3 rings (SSSR count). The molecule has 2 aromatic carbocycles. The summed E-state index contributed by atoms with van der Waals surface area (Å²) in [4.78, 5) is 10.9. The number of sulfone groups is 1. The second kappa shape index (κ2) is 6.72. The highest BCUT2D eigenvalue weighted by molar-refractivity contribution is 7.92. The van der Waals surface area contributed by atoms with Gasteiger partial charge >= 0.3 is 0 Å². The van der Waals surface area contributed by atoms with Gasteiger partial charge in [-0.15, -0.1) is 0 Å². The smallest absolute Gasteiger partial charge is 0.233 e. The van der Waals surface area contributed by atoms with Crippen LogP contribution in [0.1, 0.15) is 5.76 Å². The molecule has 0 saturated heterocycles. The van der Waals surface area contributed by atoms with Crippen LogP contribution in [0.3, 0.4) is 0 Å². The normalized spacial score (nSPS) is 11.5. The number of carbonyl (C=O) groups excluding carboxylic acids is 1. The quantitative estimate of drug-likeness (QED) is 0.739. The van der Waals surface area contributed by atoms with Gasteiger partial charge in [-0.05, 0) is 36.8 Å². The third-order valence-corrected chi connectivity index (χ3v) is 5.45. The summed E-state index contributed by atoms with van der Waals surface area (Å²) < 4.78 is 42.9. The van der Waals surface area contributed by atoms with Gasteiger partial charge < -0.3 is 10.3 Å². The van der Waals surface area contributed by atoms with Gasteiger partial charge in [-0.3, -0.25) is 4.79 Å². The van der Waals surface area contributed by atoms with E-state index in [0.717, 1.165) is 0 Å². The number of hydrogen-bond donors (Lipinski definition) is 1. The number of halogens is 1. The van der Waals surface area contributed by atoms with Crippen molar-refractivity contribution in [1.29, 1.82) is 0 Å². The SMILES string of the molecule is Cc1onc(-c2cccc(F)c2)c1-c1ccc(S(=O)(=O)CC(N)=O)cc1. The lowest BCUT2D eigenvalue weighted by Gasteiger charge is -2.06. The maximum Gasteiger partial charge on any atom is 0.233 e. The minimum Gasteiger partial charge on any atom is -0.369 e. The Bertz CT molecular complexity index is 1070. The zero-order valence-electron chi connectivity index (χ0n) is 13.8. The van der Waals surface area contributed by atoms with Gasteiger partial charge in [0, 0.05) is 5.56 Å². The van der Waals surface area contributed by atoms with E-state index in [1.807, 2.05) is 0 Å². The summed E-state index contributed by atoms with van der Waals surface area (Å²) in [7, 11) is -3.79. The largest absolute Gasteiger partial charge is 0.369 e. The van der Waals surface area contributed by atoms with Crippen LogP contribution >= 0.6 is 0 Å². The molecular formula is C18H15FN2O4S. The molecule has 0 saturated carbocycles. The molecule has 0 fully saturated rings. The van der Waals surface area contributed by atoms with Gasteiger partial charge in [0.15, 0.2) is 9.84 Å². The molecule has 0 radical (unpaired) electrons. The standard InChI is InChI=1S/C18H15FN2O4S/c1-11-17(18(21-25-11)13-3-2-4-14(19)9-13)12-5-7-15(8-6-12)26(23,24)10-16(20)22/h2-9H,10H2,1H3,(H2,20,22). The summed E-state index contributed by atoms with van der Waals surface area (Å²) in [6.45, 7) is 1.71. The first-order valence-electron chi connectivity index (χ1n) is 7.61. The highest BCUT2D eigenvalue weighted by Crippen LogP contribution is 2.34. The number of aryl methyl sites for hydroxylation is 1. The van der Waals surface area contributed by atoms with Crippen LogP contribution in [0.15, 0.2) is 57.9 Å². The van der Waals surface area contributed by atoms with Crippen LogP contribution in [-0.4, -0.2) is 25.2 Å². The molecule has 0 bridgehead atoms. The molecule has 134 valence electrons. The predicted octanol–water partition coefficient (Wildman–Crippen LogP) is 2.72. The fraction of sp³-hybridized carbons (Fsp3) is 0.111. The molecule has 0 spiro atoms. The van der Waals surface area contributed by atoms with E-state index >= 15 is 0 Å². The molecule has 6 nitrogen and oxygen atoms in total. The Morgan fingerprint density at radius 1 is 1.15 bits per heavy atom. The first kappa shape index (κ1) is 17.8. The lowest BCUT2D eigenvalue weighted by Crippen LogP contribution is -2.23. The number of carbonyl (C=O) groups is 1. The number of benzene rings is 2. The van der Waals surface area contributed by atoms with E-state index in [2.05, 4.69) is 5.16 Å². The van der Waals surface area contributed by atoms with Crippen molar-refractivity contribution in [2.45, 2.75) is 11.8 Å². The minimum atomic E-state index is -3.79. The molecule has 0 aliphatic heterocycles. The van der Waals surface area contributed by atoms with E-state index in [1.54, 1.807) is 31.2 Å². The molecule has 0 aliphatic carbocycles. The van der Waals surface area contributed by atoms with Gasteiger partial charge in [0.25, 0.3) is 0 Å². The number of nitrogens with two attached hydrogens (primary N) is 1. The lowest BCUT2D eigenvalue weighted by molar-refractivity contribution is -0.115. The van der Waals surface area contributed by atoms with Gasteiger partial charge in [-0.1, -0.05) is 29.4 Å². The molecule has 1 heterocycles. The summed E-state index contributed by atoms with van der Waals surface area (Å²) in [5.41, 5.74) is 7.25. The van der Waals surface area contributed by atoms with Crippen LogP contribution in [0, 0.1) is 12.7 Å². The Labute approximate surface area is 149 Å². The van der Waals surface area contributed by atoms with Gasteiger partial charge in [0.1, 0.15) is 23.0 Å². The zero-order chi connectivity index (χ0) is 18.9. The number of rotatable bonds is 5. The van der Waals surface area contributed by atoms with Crippen LogP contribution in [0.5, 0.6) is 0 Å². The fourth-order valence-corrected chi connectivity index (χ4v) is 3.74. The Hall–Kier alpha value is -3.00. The summed E-state index contributed by atoms with van der Waals surface area (Å²) >= 11 is 0. The van der Waals surface area contributed by atoms with Crippen LogP contribution in [-0.2, 0) is 14.6 Å². The van der Waals surface area contributed by atoms with Crippen molar-refractivity contribution in [2.24, 2.45) is 5.73 Å². The van der Waals surface area contributed by atoms with Crippen molar-refractivity contribution >= 4 is 15.7 Å². The van der Waals surface area contributed by atoms with Crippen LogP contribution in [0.2, 0.25) is 0 Å². The Kier molecular flexibility index (Phi) is 4.60. The Morgan fingerprint density at radius 3 is 2.46 bits per heavy atom. The molecule has 0 unspecified atom stereocenters. The monoisotopic (exact) mass is 374 g/mol. The summed E-state index contributed by atoms with van der Waals surface area (Å²) in [6, 6.07) is 11.9. The van der Waals surface area contributed by atoms with E-state index in [4.69, 9.17) is 10.3 Å². The average molecular weight is 374 g/mol. The van der Waals surface area contributed by atoms with E-state index in [9.17, 15) is 17.6 Å². The third-order valence-electron chi connectivity index (χ3n) is 3.80. The fourth-order valence-electron chi connectivity index (χ4n) is 2.64. The maximum atomic E-state index is 13.5. The predicted molar refractivity (Wildman–Crippen MR) is 93.3 cm³/mol. The number of aromatic nitrogens is 1. The molecular weight excluding hydrogens is 359 g/mol. The minimum absolute atomic E-state index is 0.0125. The maximum absolute atomic E-state index is 13.5. The van der Waals surface area contributed by atoms with Gasteiger partial charge in [-0.2, -0.15) is 0 Å². The second-order valence-corrected chi connectivity index (χ2v) is 7.71. The topological polar surface area (TPSA) is 103 Å². The van der Waals surface area contributed by atoms with Gasteiger partial charge in [-0.25, -0.2) is 12.8 Å². The van der Waals surface area contributed by atoms with Crippen LogP contribution in [0.4, 0.5) is 4.39 Å². The molecule has 1 amide bonds. The zero-order valence-corrected chi connectivity index (χ0v) is 14.6. The molecule has 3 aromatic rings. The summed E-state index contributed by atoms with van der Waals surface area (Å²) in [6.07, 6.45) is 0. The van der Waals surface area contributed by atoms with Crippen molar-refractivity contribution in [1.82, 2.24) is 5.16 Å². The molecule has 2 N–H and O–H groups in total. The Morgan fingerprint density at radius 2 is 1.85 bits per heavy atom. The molecule has 26 heavy (non-hydrogen) atoms.